The first kappa shape index (κ1) is 12.1. The SMILES string of the molecule is Cn1cnnc1CCNCC(=O)NCC#N. The molecule has 0 aliphatic heterocycles. The number of carbonyl (C=O) groups is 1. The van der Waals surface area contributed by atoms with Crippen LogP contribution in [0.5, 0.6) is 0 Å². The third-order valence-corrected chi connectivity index (χ3v) is 1.98. The molecule has 0 aliphatic rings. The summed E-state index contributed by atoms with van der Waals surface area (Å²) in [6.45, 7) is 0.899. The lowest BCUT2D eigenvalue weighted by Crippen LogP contribution is -2.35. The molecule has 0 saturated heterocycles. The second kappa shape index (κ2) is 6.53. The zero-order chi connectivity index (χ0) is 11.8. The van der Waals surface area contributed by atoms with Gasteiger partial charge >= 0.3 is 0 Å². The molecule has 2 N–H and O–H groups in total. The fourth-order valence-electron chi connectivity index (χ4n) is 1.14. The van der Waals surface area contributed by atoms with E-state index in [0.717, 1.165) is 5.82 Å². The number of hydrogen-bond acceptors (Lipinski definition) is 5. The van der Waals surface area contributed by atoms with Crippen molar-refractivity contribution >= 4 is 5.91 Å². The highest BCUT2D eigenvalue weighted by Crippen LogP contribution is 1.90. The third-order valence-electron chi connectivity index (χ3n) is 1.98. The summed E-state index contributed by atoms with van der Waals surface area (Å²) in [6, 6.07) is 1.84. The minimum atomic E-state index is -0.181. The van der Waals surface area contributed by atoms with Crippen LogP contribution in [0.25, 0.3) is 0 Å². The largest absolute Gasteiger partial charge is 0.342 e. The lowest BCUT2D eigenvalue weighted by molar-refractivity contribution is -0.120. The Morgan fingerprint density at radius 2 is 2.50 bits per heavy atom. The maximum Gasteiger partial charge on any atom is 0.234 e. The Morgan fingerprint density at radius 1 is 1.69 bits per heavy atom. The average Bonchev–Trinajstić information content (AvgIpc) is 2.67. The Balaban J connectivity index is 2.11. The first-order chi connectivity index (χ1) is 7.74. The Morgan fingerprint density at radius 3 is 3.12 bits per heavy atom. The standard InChI is InChI=1S/C9H14N6O/c1-15-7-13-14-8(15)2-4-11-6-9(16)12-5-3-10/h7,11H,2,4-6H2,1H3,(H,12,16). The van der Waals surface area contributed by atoms with E-state index in [1.807, 2.05) is 17.7 Å². The van der Waals surface area contributed by atoms with E-state index in [1.165, 1.54) is 0 Å². The summed E-state index contributed by atoms with van der Waals surface area (Å²) in [4.78, 5) is 11.1. The van der Waals surface area contributed by atoms with E-state index < -0.39 is 0 Å². The molecule has 0 spiro atoms. The average molecular weight is 222 g/mol. The predicted octanol–water partition coefficient (Wildman–Crippen LogP) is -1.41. The molecule has 7 heteroatoms. The van der Waals surface area contributed by atoms with Gasteiger partial charge in [-0.25, -0.2) is 0 Å². The van der Waals surface area contributed by atoms with E-state index in [1.54, 1.807) is 6.33 Å². The number of nitriles is 1. The zero-order valence-corrected chi connectivity index (χ0v) is 9.10. The van der Waals surface area contributed by atoms with Crippen molar-refractivity contribution in [2.24, 2.45) is 7.05 Å². The van der Waals surface area contributed by atoms with Crippen LogP contribution in [0.2, 0.25) is 0 Å². The molecule has 0 fully saturated rings. The Labute approximate surface area is 93.5 Å². The van der Waals surface area contributed by atoms with Crippen molar-refractivity contribution < 1.29 is 4.79 Å². The summed E-state index contributed by atoms with van der Waals surface area (Å²) >= 11 is 0. The molecule has 0 aromatic carbocycles. The lowest BCUT2D eigenvalue weighted by atomic mass is 10.4. The van der Waals surface area contributed by atoms with Gasteiger partial charge in [0, 0.05) is 20.0 Å². The third kappa shape index (κ3) is 4.06. The monoisotopic (exact) mass is 222 g/mol. The molecule has 0 aliphatic carbocycles. The van der Waals surface area contributed by atoms with E-state index in [-0.39, 0.29) is 19.0 Å². The normalized spacial score (nSPS) is 9.75. The number of hydrogen-bond donors (Lipinski definition) is 2. The number of amides is 1. The summed E-state index contributed by atoms with van der Waals surface area (Å²) in [5.74, 6) is 0.685. The molecule has 16 heavy (non-hydrogen) atoms. The molecule has 7 nitrogen and oxygen atoms in total. The van der Waals surface area contributed by atoms with Crippen LogP contribution in [0.1, 0.15) is 5.82 Å². The molecule has 1 aromatic heterocycles. The lowest BCUT2D eigenvalue weighted by Gasteiger charge is -2.03. The van der Waals surface area contributed by atoms with Crippen molar-refractivity contribution in [3.63, 3.8) is 0 Å². The maximum atomic E-state index is 11.1. The number of nitrogens with one attached hydrogen (secondary N) is 2. The molecule has 1 heterocycles. The second-order valence-electron chi connectivity index (χ2n) is 3.22. The van der Waals surface area contributed by atoms with Gasteiger partial charge in [0.2, 0.25) is 5.91 Å². The number of rotatable bonds is 6. The van der Waals surface area contributed by atoms with Gasteiger partial charge < -0.3 is 15.2 Å². The summed E-state index contributed by atoms with van der Waals surface area (Å²) < 4.78 is 1.83. The number of carbonyl (C=O) groups excluding carboxylic acids is 1. The van der Waals surface area contributed by atoms with Gasteiger partial charge in [0.25, 0.3) is 0 Å². The summed E-state index contributed by atoms with van der Waals surface area (Å²) in [5, 5.41) is 21.3. The first-order valence-corrected chi connectivity index (χ1v) is 4.91. The fourth-order valence-corrected chi connectivity index (χ4v) is 1.14. The van der Waals surface area contributed by atoms with Gasteiger partial charge in [0.05, 0.1) is 12.6 Å². The van der Waals surface area contributed by atoms with Crippen molar-refractivity contribution in [1.82, 2.24) is 25.4 Å². The van der Waals surface area contributed by atoms with E-state index in [0.29, 0.717) is 13.0 Å². The summed E-state index contributed by atoms with van der Waals surface area (Å²) in [7, 11) is 1.87. The minimum absolute atomic E-state index is 0.0454. The van der Waals surface area contributed by atoms with E-state index in [2.05, 4.69) is 20.8 Å². The van der Waals surface area contributed by atoms with Crippen LogP contribution in [0.3, 0.4) is 0 Å². The van der Waals surface area contributed by atoms with Crippen molar-refractivity contribution in [1.29, 1.82) is 5.26 Å². The molecule has 1 aromatic rings. The molecule has 0 atom stereocenters. The van der Waals surface area contributed by atoms with Crippen LogP contribution in [-0.2, 0) is 18.3 Å². The van der Waals surface area contributed by atoms with Gasteiger partial charge in [-0.05, 0) is 0 Å². The summed E-state index contributed by atoms with van der Waals surface area (Å²) in [6.07, 6.45) is 2.34. The number of aromatic nitrogens is 3. The number of aryl methyl sites for hydroxylation is 1. The van der Waals surface area contributed by atoms with Crippen LogP contribution in [-0.4, -0.2) is 40.3 Å². The first-order valence-electron chi connectivity index (χ1n) is 4.91. The second-order valence-corrected chi connectivity index (χ2v) is 3.22. The van der Waals surface area contributed by atoms with Crippen molar-refractivity contribution in [2.75, 3.05) is 19.6 Å². The van der Waals surface area contributed by atoms with Crippen molar-refractivity contribution in [3.05, 3.63) is 12.2 Å². The Bertz CT molecular complexity index is 380. The number of nitrogens with zero attached hydrogens (tertiary/aromatic N) is 4. The smallest absolute Gasteiger partial charge is 0.234 e. The van der Waals surface area contributed by atoms with Gasteiger partial charge in [-0.2, -0.15) is 5.26 Å². The van der Waals surface area contributed by atoms with E-state index >= 15 is 0 Å². The van der Waals surface area contributed by atoms with Gasteiger partial charge in [0.1, 0.15) is 18.7 Å². The molecule has 0 radical (unpaired) electrons. The highest BCUT2D eigenvalue weighted by Gasteiger charge is 2.01. The van der Waals surface area contributed by atoms with Crippen LogP contribution in [0.4, 0.5) is 0 Å². The Kier molecular flexibility index (Phi) is 4.95. The maximum absolute atomic E-state index is 11.1. The molecule has 0 saturated carbocycles. The summed E-state index contributed by atoms with van der Waals surface area (Å²) in [5.41, 5.74) is 0. The van der Waals surface area contributed by atoms with E-state index in [9.17, 15) is 4.79 Å². The highest BCUT2D eigenvalue weighted by molar-refractivity contribution is 5.78. The zero-order valence-electron chi connectivity index (χ0n) is 9.10. The minimum Gasteiger partial charge on any atom is -0.342 e. The van der Waals surface area contributed by atoms with Gasteiger partial charge in [-0.3, -0.25) is 4.79 Å². The van der Waals surface area contributed by atoms with Crippen molar-refractivity contribution in [2.45, 2.75) is 6.42 Å². The van der Waals surface area contributed by atoms with Gasteiger partial charge in [-0.15, -0.1) is 10.2 Å². The van der Waals surface area contributed by atoms with Gasteiger partial charge in [-0.1, -0.05) is 0 Å². The Hall–Kier alpha value is -1.94. The van der Waals surface area contributed by atoms with Crippen LogP contribution < -0.4 is 10.6 Å². The fraction of sp³-hybridized carbons (Fsp3) is 0.556. The van der Waals surface area contributed by atoms with E-state index in [4.69, 9.17) is 5.26 Å². The molecule has 0 unspecified atom stereocenters. The molecule has 1 amide bonds. The van der Waals surface area contributed by atoms with Crippen LogP contribution in [0.15, 0.2) is 6.33 Å². The topological polar surface area (TPSA) is 95.6 Å². The van der Waals surface area contributed by atoms with Crippen LogP contribution >= 0.6 is 0 Å². The quantitative estimate of drug-likeness (QED) is 0.455. The molecular weight excluding hydrogens is 208 g/mol. The molecule has 1 rings (SSSR count). The molecule has 0 bridgehead atoms. The van der Waals surface area contributed by atoms with Gasteiger partial charge in [0.15, 0.2) is 0 Å². The van der Waals surface area contributed by atoms with Crippen LogP contribution in [0, 0.1) is 11.3 Å². The highest BCUT2D eigenvalue weighted by atomic mass is 16.1. The van der Waals surface area contributed by atoms with Crippen molar-refractivity contribution in [3.8, 4) is 6.07 Å². The molecular formula is C9H14N6O. The molecule has 86 valence electrons. The predicted molar refractivity (Wildman–Crippen MR) is 56.2 cm³/mol.